The number of aromatic amines is 1. The maximum atomic E-state index is 13.8. The Labute approximate surface area is 240 Å². The van der Waals surface area contributed by atoms with E-state index in [1.165, 1.54) is 11.0 Å². The lowest BCUT2D eigenvalue weighted by Crippen LogP contribution is -2.46. The van der Waals surface area contributed by atoms with E-state index >= 15 is 0 Å². The van der Waals surface area contributed by atoms with Crippen LogP contribution >= 0.6 is 0 Å². The summed E-state index contributed by atoms with van der Waals surface area (Å²) in [7, 11) is 3.96. The molecule has 4 rings (SSSR count). The summed E-state index contributed by atoms with van der Waals surface area (Å²) in [5.41, 5.74) is 4.76. The quantitative estimate of drug-likeness (QED) is 0.192. The van der Waals surface area contributed by atoms with Crippen molar-refractivity contribution < 1.29 is 14.5 Å². The minimum atomic E-state index is -0.495. The van der Waals surface area contributed by atoms with Gasteiger partial charge in [0.05, 0.1) is 4.92 Å². The van der Waals surface area contributed by atoms with Crippen LogP contribution < -0.4 is 4.90 Å². The molecule has 0 unspecified atom stereocenters. The number of benzene rings is 3. The number of aromatic nitrogens is 1. The largest absolute Gasteiger partial charge is 0.378 e. The van der Waals surface area contributed by atoms with Crippen molar-refractivity contribution in [3.05, 3.63) is 105 Å². The average Bonchev–Trinajstić information content (AvgIpc) is 3.36. The summed E-state index contributed by atoms with van der Waals surface area (Å²) in [5, 5.41) is 12.6. The Balaban J connectivity index is 1.58. The Hall–Kier alpha value is -4.66. The van der Waals surface area contributed by atoms with E-state index < -0.39 is 10.8 Å². The molecule has 0 radical (unpaired) electrons. The van der Waals surface area contributed by atoms with Crippen molar-refractivity contribution in [3.63, 3.8) is 0 Å². The predicted molar refractivity (Wildman–Crippen MR) is 162 cm³/mol. The fourth-order valence-electron chi connectivity index (χ4n) is 4.85. The number of carbonyl (C=O) groups excluding carboxylic acids is 2. The molecular formula is C32H37N5O4. The summed E-state index contributed by atoms with van der Waals surface area (Å²) in [6.07, 6.45) is 2.62. The molecule has 0 fully saturated rings. The third-order valence-corrected chi connectivity index (χ3v) is 7.35. The van der Waals surface area contributed by atoms with Crippen molar-refractivity contribution in [1.29, 1.82) is 0 Å². The molecule has 9 heteroatoms. The Morgan fingerprint density at radius 1 is 1.00 bits per heavy atom. The van der Waals surface area contributed by atoms with Gasteiger partial charge in [0.2, 0.25) is 5.91 Å². The first-order chi connectivity index (χ1) is 19.5. The molecule has 214 valence electrons. The topological polar surface area (TPSA) is 103 Å². The van der Waals surface area contributed by atoms with Crippen molar-refractivity contribution in [2.75, 3.05) is 32.1 Å². The van der Waals surface area contributed by atoms with E-state index in [-0.39, 0.29) is 29.7 Å². The van der Waals surface area contributed by atoms with Crippen LogP contribution in [-0.2, 0) is 17.8 Å². The molecule has 1 aromatic heterocycles. The third kappa shape index (κ3) is 6.92. The van der Waals surface area contributed by atoms with Gasteiger partial charge in [0.1, 0.15) is 6.54 Å². The molecule has 0 aliphatic heterocycles. The number of nitrogens with zero attached hydrogens (tertiary/aromatic N) is 4. The number of anilines is 1. The zero-order valence-electron chi connectivity index (χ0n) is 24.3. The van der Waals surface area contributed by atoms with Gasteiger partial charge in [0, 0.05) is 73.2 Å². The zero-order chi connectivity index (χ0) is 29.7. The van der Waals surface area contributed by atoms with Gasteiger partial charge < -0.3 is 19.7 Å². The summed E-state index contributed by atoms with van der Waals surface area (Å²) in [6.45, 7) is 6.03. The molecule has 3 aromatic carbocycles. The highest BCUT2D eigenvalue weighted by Crippen LogP contribution is 2.22. The highest BCUT2D eigenvalue weighted by atomic mass is 16.6. The van der Waals surface area contributed by atoms with E-state index in [2.05, 4.69) is 11.1 Å². The first-order valence-electron chi connectivity index (χ1n) is 13.7. The third-order valence-electron chi connectivity index (χ3n) is 7.35. The van der Waals surface area contributed by atoms with Crippen LogP contribution in [0.3, 0.4) is 0 Å². The number of rotatable bonds is 11. The molecule has 0 atom stereocenters. The number of fused-ring (bicyclic) bond motifs is 1. The number of nitro groups is 1. The maximum Gasteiger partial charge on any atom is 0.273 e. The highest BCUT2D eigenvalue weighted by Gasteiger charge is 2.26. The van der Waals surface area contributed by atoms with Gasteiger partial charge in [-0.1, -0.05) is 36.4 Å². The van der Waals surface area contributed by atoms with Crippen LogP contribution in [0.25, 0.3) is 10.9 Å². The Morgan fingerprint density at radius 3 is 2.37 bits per heavy atom. The lowest BCUT2D eigenvalue weighted by molar-refractivity contribution is -0.385. The minimum Gasteiger partial charge on any atom is -0.378 e. The van der Waals surface area contributed by atoms with E-state index in [0.29, 0.717) is 25.1 Å². The van der Waals surface area contributed by atoms with Gasteiger partial charge >= 0.3 is 0 Å². The number of H-pyrrole nitrogens is 1. The molecule has 1 heterocycles. The van der Waals surface area contributed by atoms with Gasteiger partial charge in [0.25, 0.3) is 11.6 Å². The number of aryl methyl sites for hydroxylation is 1. The molecule has 0 aliphatic carbocycles. The number of para-hydroxylation sites is 1. The molecule has 0 bridgehead atoms. The molecule has 0 saturated carbocycles. The van der Waals surface area contributed by atoms with E-state index in [1.807, 2.05) is 81.5 Å². The summed E-state index contributed by atoms with van der Waals surface area (Å²) in [6, 6.07) is 20.3. The van der Waals surface area contributed by atoms with Gasteiger partial charge in [0.15, 0.2) is 0 Å². The van der Waals surface area contributed by atoms with Crippen LogP contribution in [0, 0.1) is 17.0 Å². The molecular weight excluding hydrogens is 518 g/mol. The molecule has 9 nitrogen and oxygen atoms in total. The standard InChI is InChI=1S/C32H37N5O4/c1-22(2)36(32(39)25-13-10-23(3)30(18-25)37(40)41)21-31(38)35(20-24-11-14-27(15-12-24)34(4)5)17-16-26-19-33-29-9-7-6-8-28(26)29/h6-15,18-19,22,33H,16-17,20-21H2,1-5H3. The number of nitrogens with one attached hydrogen (secondary N) is 1. The Kier molecular flexibility index (Phi) is 9.07. The van der Waals surface area contributed by atoms with Crippen molar-refractivity contribution in [2.24, 2.45) is 0 Å². The second-order valence-electron chi connectivity index (χ2n) is 10.8. The van der Waals surface area contributed by atoms with E-state index in [1.54, 1.807) is 24.0 Å². The zero-order valence-corrected chi connectivity index (χ0v) is 24.3. The molecule has 4 aromatic rings. The molecule has 0 aliphatic rings. The van der Waals surface area contributed by atoms with E-state index in [0.717, 1.165) is 27.7 Å². The second-order valence-corrected chi connectivity index (χ2v) is 10.8. The van der Waals surface area contributed by atoms with Crippen LogP contribution in [0.2, 0.25) is 0 Å². The lowest BCUT2D eigenvalue weighted by Gasteiger charge is -2.30. The van der Waals surface area contributed by atoms with Crippen LogP contribution in [0.15, 0.2) is 72.9 Å². The van der Waals surface area contributed by atoms with Crippen LogP contribution in [0.1, 0.15) is 40.9 Å². The summed E-state index contributed by atoms with van der Waals surface area (Å²) >= 11 is 0. The minimum absolute atomic E-state index is 0.118. The molecule has 0 saturated heterocycles. The van der Waals surface area contributed by atoms with Gasteiger partial charge in [-0.2, -0.15) is 0 Å². The van der Waals surface area contributed by atoms with Crippen molar-refractivity contribution in [1.82, 2.24) is 14.8 Å². The summed E-state index contributed by atoms with van der Waals surface area (Å²) in [5.74, 6) is -0.603. The molecule has 0 spiro atoms. The van der Waals surface area contributed by atoms with E-state index in [4.69, 9.17) is 0 Å². The normalized spacial score (nSPS) is 11.1. The molecule has 41 heavy (non-hydrogen) atoms. The van der Waals surface area contributed by atoms with Gasteiger partial charge in [-0.15, -0.1) is 0 Å². The Bertz CT molecular complexity index is 1540. The SMILES string of the molecule is Cc1ccc(C(=O)N(CC(=O)N(CCc2c[nH]c3ccccc23)Cc2ccc(N(C)C)cc2)C(C)C)cc1[N+](=O)[O-]. The fraction of sp³-hybridized carbons (Fsp3) is 0.312. The summed E-state index contributed by atoms with van der Waals surface area (Å²) < 4.78 is 0. The predicted octanol–water partition coefficient (Wildman–Crippen LogP) is 5.57. The molecule has 2 amide bonds. The van der Waals surface area contributed by atoms with Crippen LogP contribution in [-0.4, -0.2) is 64.7 Å². The van der Waals surface area contributed by atoms with E-state index in [9.17, 15) is 19.7 Å². The average molecular weight is 556 g/mol. The van der Waals surface area contributed by atoms with Gasteiger partial charge in [-0.3, -0.25) is 19.7 Å². The monoisotopic (exact) mass is 555 g/mol. The molecule has 1 N–H and O–H groups in total. The smallest absolute Gasteiger partial charge is 0.273 e. The van der Waals surface area contributed by atoms with Crippen LogP contribution in [0.4, 0.5) is 11.4 Å². The maximum absolute atomic E-state index is 13.8. The van der Waals surface area contributed by atoms with Crippen molar-refractivity contribution in [2.45, 2.75) is 39.8 Å². The first kappa shape index (κ1) is 29.3. The first-order valence-corrected chi connectivity index (χ1v) is 13.7. The number of amides is 2. The summed E-state index contributed by atoms with van der Waals surface area (Å²) in [4.78, 5) is 46.9. The number of nitro benzene ring substituents is 1. The Morgan fingerprint density at radius 2 is 1.71 bits per heavy atom. The van der Waals surface area contributed by atoms with Crippen molar-refractivity contribution >= 4 is 34.1 Å². The van der Waals surface area contributed by atoms with Gasteiger partial charge in [-0.05, 0) is 62.6 Å². The number of hydrogen-bond donors (Lipinski definition) is 1. The highest BCUT2D eigenvalue weighted by molar-refractivity contribution is 5.97. The van der Waals surface area contributed by atoms with Crippen LogP contribution in [0.5, 0.6) is 0 Å². The van der Waals surface area contributed by atoms with Crippen molar-refractivity contribution in [3.8, 4) is 0 Å². The number of hydrogen-bond acceptors (Lipinski definition) is 5. The van der Waals surface area contributed by atoms with Gasteiger partial charge in [-0.25, -0.2) is 0 Å². The lowest BCUT2D eigenvalue weighted by atomic mass is 10.1. The second kappa shape index (κ2) is 12.7. The number of carbonyl (C=O) groups is 2. The fourth-order valence-corrected chi connectivity index (χ4v) is 4.85.